The molecule has 0 bridgehead atoms. The maximum Gasteiger partial charge on any atom is 0.255 e. The summed E-state index contributed by atoms with van der Waals surface area (Å²) in [5.74, 6) is -0.290. The van der Waals surface area contributed by atoms with Gasteiger partial charge in [0.05, 0.1) is 0 Å². The molecule has 1 heterocycles. The molecular weight excluding hydrogens is 384 g/mol. The van der Waals surface area contributed by atoms with Crippen molar-refractivity contribution < 1.29 is 18.0 Å². The van der Waals surface area contributed by atoms with Crippen LogP contribution in [0.25, 0.3) is 22.1 Å². The highest BCUT2D eigenvalue weighted by Gasteiger charge is 2.22. The van der Waals surface area contributed by atoms with Crippen LogP contribution in [0, 0.1) is 39.3 Å². The van der Waals surface area contributed by atoms with Gasteiger partial charge in [-0.1, -0.05) is 12.1 Å². The highest BCUT2D eigenvalue weighted by atomic mass is 19.1. The van der Waals surface area contributed by atoms with Crippen LogP contribution in [0.1, 0.15) is 32.8 Å². The summed E-state index contributed by atoms with van der Waals surface area (Å²) in [6.45, 7) is 7.68. The number of rotatable bonds is 3. The zero-order valence-corrected chi connectivity index (χ0v) is 17.2. The van der Waals surface area contributed by atoms with Gasteiger partial charge in [-0.15, -0.1) is 0 Å². The van der Waals surface area contributed by atoms with Crippen molar-refractivity contribution in [3.8, 4) is 11.1 Å². The zero-order chi connectivity index (χ0) is 21.6. The van der Waals surface area contributed by atoms with E-state index in [0.29, 0.717) is 11.3 Å². The highest BCUT2D eigenvalue weighted by molar-refractivity contribution is 6.09. The number of amides is 1. The molecule has 0 fully saturated rings. The summed E-state index contributed by atoms with van der Waals surface area (Å²) in [5, 5.41) is 3.87. The molecule has 0 saturated heterocycles. The van der Waals surface area contributed by atoms with Gasteiger partial charge in [0.15, 0.2) is 0 Å². The van der Waals surface area contributed by atoms with Crippen LogP contribution >= 0.6 is 0 Å². The molecule has 1 amide bonds. The minimum absolute atomic E-state index is 0.305. The number of aryl methyl sites for hydroxylation is 3. The number of furan rings is 1. The van der Waals surface area contributed by atoms with Crippen molar-refractivity contribution in [2.24, 2.45) is 0 Å². The molecule has 3 nitrogen and oxygen atoms in total. The lowest BCUT2D eigenvalue weighted by Gasteiger charge is -2.16. The molecule has 3 aromatic carbocycles. The quantitative estimate of drug-likeness (QED) is 0.404. The van der Waals surface area contributed by atoms with E-state index in [1.807, 2.05) is 27.7 Å². The topological polar surface area (TPSA) is 42.2 Å². The van der Waals surface area contributed by atoms with E-state index in [1.54, 1.807) is 12.1 Å². The Kier molecular flexibility index (Phi) is 4.90. The fourth-order valence-electron chi connectivity index (χ4n) is 3.87. The summed E-state index contributed by atoms with van der Waals surface area (Å²) < 4.78 is 32.7. The van der Waals surface area contributed by atoms with Gasteiger partial charge in [0.25, 0.3) is 5.91 Å². The predicted molar refractivity (Wildman–Crippen MR) is 115 cm³/mol. The summed E-state index contributed by atoms with van der Waals surface area (Å²) in [4.78, 5) is 12.8. The summed E-state index contributed by atoms with van der Waals surface area (Å²) in [6, 6.07) is 11.7. The van der Waals surface area contributed by atoms with Crippen LogP contribution in [-0.2, 0) is 0 Å². The third-order valence-corrected chi connectivity index (χ3v) is 5.59. The van der Waals surface area contributed by atoms with Gasteiger partial charge in [0.2, 0.25) is 0 Å². The normalized spacial score (nSPS) is 11.1. The van der Waals surface area contributed by atoms with E-state index in [4.69, 9.17) is 4.42 Å². The SMILES string of the molecule is Cc1oc2c(C)c(C)c(NC(=O)c3ccc(F)cc3)c(C)c2c1-c1ccc(F)cc1. The number of hydrogen-bond acceptors (Lipinski definition) is 2. The van der Waals surface area contributed by atoms with Crippen molar-refractivity contribution >= 4 is 22.6 Å². The molecule has 152 valence electrons. The maximum atomic E-state index is 13.4. The first-order valence-electron chi connectivity index (χ1n) is 9.63. The van der Waals surface area contributed by atoms with Crippen LogP contribution in [0.3, 0.4) is 0 Å². The predicted octanol–water partition coefficient (Wildman–Crippen LogP) is 6.86. The Morgan fingerprint density at radius 3 is 1.97 bits per heavy atom. The highest BCUT2D eigenvalue weighted by Crippen LogP contribution is 2.42. The second-order valence-corrected chi connectivity index (χ2v) is 7.46. The number of nitrogens with one attached hydrogen (secondary N) is 1. The average molecular weight is 405 g/mol. The van der Waals surface area contributed by atoms with Crippen molar-refractivity contribution in [3.63, 3.8) is 0 Å². The Balaban J connectivity index is 1.88. The molecule has 0 unspecified atom stereocenters. The van der Waals surface area contributed by atoms with Gasteiger partial charge in [-0.05, 0) is 86.3 Å². The molecule has 5 heteroatoms. The molecule has 4 aromatic rings. The Hall–Kier alpha value is -3.47. The first-order valence-corrected chi connectivity index (χ1v) is 9.63. The fraction of sp³-hybridized carbons (Fsp3) is 0.160. The lowest BCUT2D eigenvalue weighted by molar-refractivity contribution is 0.102. The summed E-state index contributed by atoms with van der Waals surface area (Å²) >= 11 is 0. The van der Waals surface area contributed by atoms with Crippen LogP contribution < -0.4 is 5.32 Å². The smallest absolute Gasteiger partial charge is 0.255 e. The number of carbonyl (C=O) groups excluding carboxylic acids is 1. The van der Waals surface area contributed by atoms with E-state index in [1.165, 1.54) is 36.4 Å². The summed E-state index contributed by atoms with van der Waals surface area (Å²) in [5.41, 5.74) is 6.21. The van der Waals surface area contributed by atoms with E-state index in [2.05, 4.69) is 5.32 Å². The lowest BCUT2D eigenvalue weighted by atomic mass is 9.93. The number of fused-ring (bicyclic) bond motifs is 1. The van der Waals surface area contributed by atoms with E-state index in [0.717, 1.165) is 44.5 Å². The Morgan fingerprint density at radius 2 is 1.37 bits per heavy atom. The van der Waals surface area contributed by atoms with Crippen molar-refractivity contribution in [3.05, 3.63) is 88.2 Å². The van der Waals surface area contributed by atoms with Gasteiger partial charge in [-0.3, -0.25) is 4.79 Å². The molecule has 0 aliphatic carbocycles. The van der Waals surface area contributed by atoms with Crippen LogP contribution in [-0.4, -0.2) is 5.91 Å². The van der Waals surface area contributed by atoms with Crippen molar-refractivity contribution in [2.75, 3.05) is 5.32 Å². The van der Waals surface area contributed by atoms with Crippen molar-refractivity contribution in [2.45, 2.75) is 27.7 Å². The van der Waals surface area contributed by atoms with Crippen LogP contribution in [0.2, 0.25) is 0 Å². The Labute approximate surface area is 173 Å². The first kappa shape index (κ1) is 19.8. The molecule has 0 radical (unpaired) electrons. The van der Waals surface area contributed by atoms with E-state index >= 15 is 0 Å². The number of carbonyl (C=O) groups is 1. The third kappa shape index (κ3) is 3.26. The molecule has 0 atom stereocenters. The van der Waals surface area contributed by atoms with Gasteiger partial charge >= 0.3 is 0 Å². The van der Waals surface area contributed by atoms with Crippen molar-refractivity contribution in [1.82, 2.24) is 0 Å². The van der Waals surface area contributed by atoms with Crippen LogP contribution in [0.5, 0.6) is 0 Å². The largest absolute Gasteiger partial charge is 0.460 e. The minimum atomic E-state index is -0.394. The van der Waals surface area contributed by atoms with E-state index in [9.17, 15) is 13.6 Å². The van der Waals surface area contributed by atoms with E-state index < -0.39 is 5.82 Å². The van der Waals surface area contributed by atoms with Gasteiger partial charge in [0, 0.05) is 22.2 Å². The number of benzene rings is 3. The standard InChI is InChI=1S/C25H21F2NO2/c1-13-14(2)24-21(22(16(4)30-24)17-5-9-19(26)10-6-17)15(3)23(13)28-25(29)18-7-11-20(27)12-8-18/h5-12H,1-4H3,(H,28,29). The fourth-order valence-corrected chi connectivity index (χ4v) is 3.87. The van der Waals surface area contributed by atoms with Gasteiger partial charge in [-0.25, -0.2) is 8.78 Å². The van der Waals surface area contributed by atoms with Gasteiger partial charge < -0.3 is 9.73 Å². The Morgan fingerprint density at radius 1 is 0.800 bits per heavy atom. The van der Waals surface area contributed by atoms with E-state index in [-0.39, 0.29) is 11.7 Å². The summed E-state index contributed by atoms with van der Waals surface area (Å²) in [6.07, 6.45) is 0. The monoisotopic (exact) mass is 405 g/mol. The third-order valence-electron chi connectivity index (χ3n) is 5.59. The molecule has 0 aliphatic rings. The van der Waals surface area contributed by atoms with Gasteiger partial charge in [0.1, 0.15) is 23.0 Å². The Bertz CT molecular complexity index is 1270. The molecular formula is C25H21F2NO2. The molecule has 1 aromatic heterocycles. The lowest BCUT2D eigenvalue weighted by Crippen LogP contribution is -2.14. The number of hydrogen-bond donors (Lipinski definition) is 1. The second kappa shape index (κ2) is 7.41. The summed E-state index contributed by atoms with van der Waals surface area (Å²) in [7, 11) is 0. The molecule has 0 saturated carbocycles. The molecule has 0 spiro atoms. The average Bonchev–Trinajstić information content (AvgIpc) is 3.08. The molecule has 30 heavy (non-hydrogen) atoms. The minimum Gasteiger partial charge on any atom is -0.460 e. The number of halogens is 2. The molecule has 0 aliphatic heterocycles. The maximum absolute atomic E-state index is 13.4. The first-order chi connectivity index (χ1) is 14.3. The molecule has 4 rings (SSSR count). The van der Waals surface area contributed by atoms with Crippen molar-refractivity contribution in [1.29, 1.82) is 0 Å². The number of anilines is 1. The second-order valence-electron chi connectivity index (χ2n) is 7.46. The van der Waals surface area contributed by atoms with Crippen LogP contribution in [0.15, 0.2) is 52.9 Å². The van der Waals surface area contributed by atoms with Crippen LogP contribution in [0.4, 0.5) is 14.5 Å². The molecule has 1 N–H and O–H groups in total. The van der Waals surface area contributed by atoms with Gasteiger partial charge in [-0.2, -0.15) is 0 Å². The zero-order valence-electron chi connectivity index (χ0n) is 17.2.